The van der Waals surface area contributed by atoms with Gasteiger partial charge in [0.2, 0.25) is 0 Å². The summed E-state index contributed by atoms with van der Waals surface area (Å²) >= 11 is 1.74. The van der Waals surface area contributed by atoms with Crippen LogP contribution in [0.4, 0.5) is 0 Å². The molecule has 1 unspecified atom stereocenters. The number of nitrogens with two attached hydrogens (primary N) is 1. The molecule has 0 bridgehead atoms. The summed E-state index contributed by atoms with van der Waals surface area (Å²) in [5.41, 5.74) is 2.79. The van der Waals surface area contributed by atoms with Crippen molar-refractivity contribution in [1.29, 1.82) is 0 Å². The number of hydrazine groups is 1. The minimum absolute atomic E-state index is 0.133. The fraction of sp³-hybridized carbons (Fsp3) is 0.231. The first-order valence-electron chi connectivity index (χ1n) is 5.55. The van der Waals surface area contributed by atoms with Crippen LogP contribution in [0.25, 0.3) is 0 Å². The first kappa shape index (κ1) is 12.1. The van der Waals surface area contributed by atoms with Gasteiger partial charge in [-0.05, 0) is 23.6 Å². The average molecular weight is 248 g/mol. The molecule has 2 aromatic rings. The Hall–Kier alpha value is -1.36. The molecule has 0 radical (unpaired) electrons. The quantitative estimate of drug-likeness (QED) is 0.608. The third kappa shape index (κ3) is 3.85. The van der Waals surface area contributed by atoms with Gasteiger partial charge in [-0.2, -0.15) is 0 Å². The maximum absolute atomic E-state index is 5.67. The average Bonchev–Trinajstić information content (AvgIpc) is 2.88. The molecule has 0 aliphatic heterocycles. The molecule has 2 rings (SSSR count). The van der Waals surface area contributed by atoms with Crippen LogP contribution >= 0.6 is 11.3 Å². The van der Waals surface area contributed by atoms with Crippen molar-refractivity contribution in [2.45, 2.75) is 12.5 Å². The van der Waals surface area contributed by atoms with E-state index in [2.05, 4.69) is 16.9 Å². The van der Waals surface area contributed by atoms with E-state index in [0.717, 1.165) is 12.2 Å². The zero-order chi connectivity index (χ0) is 11.9. The van der Waals surface area contributed by atoms with Gasteiger partial charge in [0.05, 0.1) is 6.04 Å². The lowest BCUT2D eigenvalue weighted by Crippen LogP contribution is -2.41. The van der Waals surface area contributed by atoms with Gasteiger partial charge in [-0.3, -0.25) is 11.3 Å². The lowest BCUT2D eigenvalue weighted by Gasteiger charge is -2.15. The van der Waals surface area contributed by atoms with Gasteiger partial charge in [0.25, 0.3) is 0 Å². The van der Waals surface area contributed by atoms with Crippen LogP contribution in [0.15, 0.2) is 47.8 Å². The second kappa shape index (κ2) is 6.39. The highest BCUT2D eigenvalue weighted by Gasteiger charge is 2.09. The topological polar surface area (TPSA) is 47.3 Å². The van der Waals surface area contributed by atoms with Crippen molar-refractivity contribution < 1.29 is 4.74 Å². The van der Waals surface area contributed by atoms with Gasteiger partial charge in [0.15, 0.2) is 0 Å². The summed E-state index contributed by atoms with van der Waals surface area (Å²) < 4.78 is 5.67. The van der Waals surface area contributed by atoms with Gasteiger partial charge in [0, 0.05) is 11.3 Å². The number of nitrogens with one attached hydrogen (secondary N) is 1. The van der Waals surface area contributed by atoms with E-state index in [1.165, 1.54) is 4.88 Å². The molecule has 0 saturated carbocycles. The molecule has 0 spiro atoms. The van der Waals surface area contributed by atoms with Crippen LogP contribution in [0.5, 0.6) is 5.75 Å². The molecule has 17 heavy (non-hydrogen) atoms. The number of hydrogen-bond acceptors (Lipinski definition) is 4. The summed E-state index contributed by atoms with van der Waals surface area (Å²) in [4.78, 5) is 1.31. The molecule has 0 saturated heterocycles. The molecule has 90 valence electrons. The summed E-state index contributed by atoms with van der Waals surface area (Å²) in [5.74, 6) is 6.40. The Morgan fingerprint density at radius 3 is 2.65 bits per heavy atom. The molecule has 3 N–H and O–H groups in total. The van der Waals surface area contributed by atoms with Gasteiger partial charge in [0.1, 0.15) is 12.4 Å². The summed E-state index contributed by atoms with van der Waals surface area (Å²) in [7, 11) is 0. The van der Waals surface area contributed by atoms with E-state index in [1.54, 1.807) is 11.3 Å². The zero-order valence-electron chi connectivity index (χ0n) is 9.50. The summed E-state index contributed by atoms with van der Waals surface area (Å²) in [6, 6.07) is 14.1. The van der Waals surface area contributed by atoms with Crippen LogP contribution in [-0.2, 0) is 6.42 Å². The van der Waals surface area contributed by atoms with Crippen molar-refractivity contribution in [2.75, 3.05) is 6.61 Å². The van der Waals surface area contributed by atoms with Crippen LogP contribution in [-0.4, -0.2) is 12.6 Å². The summed E-state index contributed by atoms with van der Waals surface area (Å²) in [6.45, 7) is 0.568. The Bertz CT molecular complexity index is 416. The molecule has 1 aromatic carbocycles. The smallest absolute Gasteiger partial charge is 0.119 e. The normalized spacial score (nSPS) is 12.3. The van der Waals surface area contributed by atoms with Crippen molar-refractivity contribution >= 4 is 11.3 Å². The zero-order valence-corrected chi connectivity index (χ0v) is 10.3. The largest absolute Gasteiger partial charge is 0.492 e. The van der Waals surface area contributed by atoms with Crippen LogP contribution in [0.1, 0.15) is 4.88 Å². The van der Waals surface area contributed by atoms with Crippen molar-refractivity contribution in [3.8, 4) is 5.75 Å². The van der Waals surface area contributed by atoms with Crippen molar-refractivity contribution in [3.63, 3.8) is 0 Å². The Kier molecular flexibility index (Phi) is 4.55. The fourth-order valence-corrected chi connectivity index (χ4v) is 2.34. The van der Waals surface area contributed by atoms with E-state index in [4.69, 9.17) is 10.6 Å². The van der Waals surface area contributed by atoms with Gasteiger partial charge >= 0.3 is 0 Å². The fourth-order valence-electron chi connectivity index (χ4n) is 1.55. The minimum atomic E-state index is 0.133. The highest BCUT2D eigenvalue weighted by Crippen LogP contribution is 2.13. The first-order valence-corrected chi connectivity index (χ1v) is 6.43. The number of para-hydroxylation sites is 1. The van der Waals surface area contributed by atoms with Crippen LogP contribution in [0.3, 0.4) is 0 Å². The molecule has 0 aliphatic rings. The van der Waals surface area contributed by atoms with Gasteiger partial charge < -0.3 is 4.74 Å². The lowest BCUT2D eigenvalue weighted by atomic mass is 10.2. The second-order valence-electron chi connectivity index (χ2n) is 3.77. The Labute approximate surface area is 105 Å². The van der Waals surface area contributed by atoms with E-state index >= 15 is 0 Å². The number of ether oxygens (including phenoxy) is 1. The highest BCUT2D eigenvalue weighted by atomic mass is 32.1. The molecule has 0 fully saturated rings. The molecule has 4 heteroatoms. The predicted molar refractivity (Wildman–Crippen MR) is 71.1 cm³/mol. The number of thiophene rings is 1. The maximum atomic E-state index is 5.67. The van der Waals surface area contributed by atoms with E-state index in [9.17, 15) is 0 Å². The maximum Gasteiger partial charge on any atom is 0.119 e. The van der Waals surface area contributed by atoms with Crippen LogP contribution in [0, 0.1) is 0 Å². The molecule has 3 nitrogen and oxygen atoms in total. The van der Waals surface area contributed by atoms with Crippen LogP contribution < -0.4 is 16.0 Å². The second-order valence-corrected chi connectivity index (χ2v) is 4.80. The van der Waals surface area contributed by atoms with Gasteiger partial charge in [-0.15, -0.1) is 11.3 Å². The summed E-state index contributed by atoms with van der Waals surface area (Å²) in [5, 5.41) is 2.07. The lowest BCUT2D eigenvalue weighted by molar-refractivity contribution is 0.265. The van der Waals surface area contributed by atoms with Crippen LogP contribution in [0.2, 0.25) is 0 Å². The highest BCUT2D eigenvalue weighted by molar-refractivity contribution is 7.09. The van der Waals surface area contributed by atoms with E-state index in [-0.39, 0.29) is 6.04 Å². The standard InChI is InChI=1S/C13H16N2OS/c14-15-11(9-13-7-4-8-17-13)10-16-12-5-2-1-3-6-12/h1-8,11,15H,9-10,14H2. The monoisotopic (exact) mass is 248 g/mol. The Morgan fingerprint density at radius 1 is 1.18 bits per heavy atom. The van der Waals surface area contributed by atoms with Crippen molar-refractivity contribution in [1.82, 2.24) is 5.43 Å². The predicted octanol–water partition coefficient (Wildman–Crippen LogP) is 2.20. The van der Waals surface area contributed by atoms with E-state index < -0.39 is 0 Å². The SMILES string of the molecule is NNC(COc1ccccc1)Cc1cccs1. The summed E-state index contributed by atoms with van der Waals surface area (Å²) in [6.07, 6.45) is 0.890. The number of hydrogen-bond donors (Lipinski definition) is 2. The van der Waals surface area contributed by atoms with Crippen molar-refractivity contribution in [3.05, 3.63) is 52.7 Å². The number of benzene rings is 1. The van der Waals surface area contributed by atoms with Gasteiger partial charge in [-0.1, -0.05) is 24.3 Å². The number of rotatable bonds is 6. The third-order valence-corrected chi connectivity index (χ3v) is 3.36. The molecular weight excluding hydrogens is 232 g/mol. The van der Waals surface area contributed by atoms with Crippen molar-refractivity contribution in [2.24, 2.45) is 5.84 Å². The Balaban J connectivity index is 1.84. The van der Waals surface area contributed by atoms with Gasteiger partial charge in [-0.25, -0.2) is 0 Å². The third-order valence-electron chi connectivity index (χ3n) is 2.46. The molecule has 1 atom stereocenters. The molecule has 1 heterocycles. The molecule has 1 aromatic heterocycles. The first-order chi connectivity index (χ1) is 8.38. The molecule has 0 aliphatic carbocycles. The van der Waals surface area contributed by atoms with E-state index in [1.807, 2.05) is 36.4 Å². The minimum Gasteiger partial charge on any atom is -0.492 e. The Morgan fingerprint density at radius 2 is 2.00 bits per heavy atom. The van der Waals surface area contributed by atoms with E-state index in [0.29, 0.717) is 6.61 Å². The molecule has 0 amide bonds. The molecular formula is C13H16N2OS.